The van der Waals surface area contributed by atoms with Gasteiger partial charge < -0.3 is 50.5 Å². The van der Waals surface area contributed by atoms with Gasteiger partial charge in [-0.15, -0.1) is 0 Å². The fourth-order valence-corrected chi connectivity index (χ4v) is 6.00. The molecule has 4 heterocycles. The van der Waals surface area contributed by atoms with Gasteiger partial charge in [0.15, 0.2) is 23.7 Å². The number of aromatic amines is 1. The van der Waals surface area contributed by atoms with E-state index in [2.05, 4.69) is 28.3 Å². The number of nitrogen functional groups attached to an aromatic ring is 1. The fraction of sp³-hybridized carbons (Fsp3) is 0.688. The summed E-state index contributed by atoms with van der Waals surface area (Å²) in [4.78, 5) is 41.7. The summed E-state index contributed by atoms with van der Waals surface area (Å²) in [6.45, 7) is -1.72. The van der Waals surface area contributed by atoms with Gasteiger partial charge in [0.25, 0.3) is 5.56 Å². The van der Waals surface area contributed by atoms with Crippen LogP contribution in [0.1, 0.15) is 12.6 Å². The summed E-state index contributed by atoms with van der Waals surface area (Å²) < 4.78 is 49.4. The highest BCUT2D eigenvalue weighted by molar-refractivity contribution is 7.61. The van der Waals surface area contributed by atoms with Crippen molar-refractivity contribution in [1.82, 2.24) is 19.5 Å². The van der Waals surface area contributed by atoms with Gasteiger partial charge in [0.1, 0.15) is 30.5 Å². The van der Waals surface area contributed by atoms with Gasteiger partial charge in [0, 0.05) is 6.42 Å². The first-order valence-electron chi connectivity index (χ1n) is 10.8. The normalized spacial score (nSPS) is 35.2. The van der Waals surface area contributed by atoms with E-state index in [0.29, 0.717) is 0 Å². The largest absolute Gasteiger partial charge is 0.483 e. The first-order chi connectivity index (χ1) is 17.7. The number of phosphoric acid groups is 2. The number of ether oxygens (including phenoxy) is 2. The van der Waals surface area contributed by atoms with Crippen LogP contribution in [-0.4, -0.2) is 111 Å². The molecule has 0 saturated carbocycles. The number of aromatic nitrogens is 4. The lowest BCUT2D eigenvalue weighted by molar-refractivity contribution is -0.233. The van der Waals surface area contributed by atoms with E-state index in [1.165, 1.54) is 0 Å². The second-order valence-corrected chi connectivity index (χ2v) is 11.3. The number of hydrogen-bond acceptors (Lipinski definition) is 16. The number of aliphatic hydroxyl groups is 5. The molecular weight excluding hydrogens is 564 g/mol. The Hall–Kier alpha value is -1.87. The Morgan fingerprint density at radius 2 is 1.82 bits per heavy atom. The molecule has 10 N–H and O–H groups in total. The molecule has 2 saturated heterocycles. The molecule has 0 amide bonds. The third-order valence-corrected chi connectivity index (χ3v) is 8.26. The minimum absolute atomic E-state index is 0.0930. The first-order valence-corrected chi connectivity index (χ1v) is 13.8. The molecule has 10 atom stereocenters. The second-order valence-electron chi connectivity index (χ2n) is 8.32. The van der Waals surface area contributed by atoms with Crippen molar-refractivity contribution in [3.63, 3.8) is 0 Å². The van der Waals surface area contributed by atoms with Crippen LogP contribution in [0.5, 0.6) is 0 Å². The Labute approximate surface area is 211 Å². The molecule has 0 aromatic carbocycles. The highest BCUT2D eigenvalue weighted by Crippen LogP contribution is 2.61. The van der Waals surface area contributed by atoms with E-state index in [9.17, 15) is 44.1 Å². The van der Waals surface area contributed by atoms with Crippen LogP contribution in [0.25, 0.3) is 11.2 Å². The second kappa shape index (κ2) is 11.0. The highest BCUT2D eigenvalue weighted by Gasteiger charge is 2.47. The maximum Gasteiger partial charge on any atom is 0.483 e. The molecule has 2 aliphatic heterocycles. The molecule has 0 aliphatic carbocycles. The SMILES string of the molecule is Nc1nc2c(ncn2[C@@H]2O[C@H](COP(=O)(O)OP(=O)(O)O[C@@H]3C[C@@H](O)[C@H](O)[C@@H](CO)O3)[C@@H](O)[C@H]2O)c(=O)[nH]1. The summed E-state index contributed by atoms with van der Waals surface area (Å²) >= 11 is 0. The smallest absolute Gasteiger partial charge is 0.394 e. The minimum atomic E-state index is -5.40. The van der Waals surface area contributed by atoms with Crippen LogP contribution in [-0.2, 0) is 32.0 Å². The average Bonchev–Trinajstić information content (AvgIpc) is 3.35. The molecule has 2 aromatic heterocycles. The number of phosphoric ester groups is 2. The van der Waals surface area contributed by atoms with E-state index in [1.807, 2.05) is 0 Å². The van der Waals surface area contributed by atoms with Gasteiger partial charge in [0.2, 0.25) is 5.95 Å². The number of hydrogen-bond donors (Lipinski definition) is 9. The molecular formula is C16H25N5O15P2. The van der Waals surface area contributed by atoms with Crippen molar-refractivity contribution >= 4 is 32.8 Å². The van der Waals surface area contributed by atoms with E-state index in [1.54, 1.807) is 0 Å². The van der Waals surface area contributed by atoms with Crippen LogP contribution in [0.2, 0.25) is 0 Å². The number of aliphatic hydroxyl groups excluding tert-OH is 5. The summed E-state index contributed by atoms with van der Waals surface area (Å²) in [7, 11) is -10.8. The standard InChI is InChI=1S/C16H25N5O15P2/c17-16-19-13-9(14(27)20-16)18-4-21(13)15-12(26)11(25)7(34-15)3-32-37(28,29)36-38(30,31)35-8-1-5(23)10(24)6(2-22)33-8/h4-8,10-12,15,22-26H,1-3H2,(H,28,29)(H,30,31)(H3,17,19,20,27)/t5-,6-,7-,8-,10+,11-,12-,15-/m1/s1. The molecule has 2 aromatic rings. The van der Waals surface area contributed by atoms with Crippen LogP contribution < -0.4 is 11.3 Å². The van der Waals surface area contributed by atoms with Crippen molar-refractivity contribution in [2.24, 2.45) is 0 Å². The Bertz CT molecular complexity index is 1310. The zero-order valence-corrected chi connectivity index (χ0v) is 20.8. The third-order valence-electron chi connectivity index (χ3n) is 5.64. The van der Waals surface area contributed by atoms with Crippen LogP contribution in [0.15, 0.2) is 11.1 Å². The molecule has 38 heavy (non-hydrogen) atoms. The monoisotopic (exact) mass is 589 g/mol. The van der Waals surface area contributed by atoms with Crippen molar-refractivity contribution in [1.29, 1.82) is 0 Å². The number of nitrogens with one attached hydrogen (secondary N) is 1. The fourth-order valence-electron chi connectivity index (χ4n) is 3.85. The predicted octanol–water partition coefficient (Wildman–Crippen LogP) is -3.60. The molecule has 2 fully saturated rings. The van der Waals surface area contributed by atoms with Crippen molar-refractivity contribution in [2.75, 3.05) is 18.9 Å². The lowest BCUT2D eigenvalue weighted by atomic mass is 10.0. The molecule has 22 heteroatoms. The quantitative estimate of drug-likeness (QED) is 0.128. The topological polar surface area (TPSA) is 311 Å². The summed E-state index contributed by atoms with van der Waals surface area (Å²) in [5.41, 5.74) is 4.61. The highest BCUT2D eigenvalue weighted by atomic mass is 31.3. The number of anilines is 1. The van der Waals surface area contributed by atoms with E-state index in [-0.39, 0.29) is 17.1 Å². The van der Waals surface area contributed by atoms with Crippen molar-refractivity contribution in [3.05, 3.63) is 16.7 Å². The number of fused-ring (bicyclic) bond motifs is 1. The van der Waals surface area contributed by atoms with Gasteiger partial charge in [-0.25, -0.2) is 14.1 Å². The molecule has 4 rings (SSSR count). The van der Waals surface area contributed by atoms with Crippen LogP contribution >= 0.6 is 15.6 Å². The van der Waals surface area contributed by atoms with Crippen LogP contribution in [0, 0.1) is 0 Å². The van der Waals surface area contributed by atoms with Gasteiger partial charge in [0.05, 0.1) is 25.6 Å². The predicted molar refractivity (Wildman–Crippen MR) is 119 cm³/mol. The summed E-state index contributed by atoms with van der Waals surface area (Å²) in [5, 5.41) is 49.3. The maximum atomic E-state index is 12.3. The number of imidazole rings is 1. The van der Waals surface area contributed by atoms with Gasteiger partial charge in [-0.3, -0.25) is 23.4 Å². The Morgan fingerprint density at radius 1 is 1.11 bits per heavy atom. The number of H-pyrrole nitrogens is 1. The van der Waals surface area contributed by atoms with Gasteiger partial charge >= 0.3 is 15.6 Å². The van der Waals surface area contributed by atoms with E-state index >= 15 is 0 Å². The van der Waals surface area contributed by atoms with E-state index in [0.717, 1.165) is 10.9 Å². The number of nitrogens with two attached hydrogens (primary N) is 1. The number of rotatable bonds is 9. The van der Waals surface area contributed by atoms with Crippen molar-refractivity contribution < 1.29 is 67.3 Å². The molecule has 20 nitrogen and oxygen atoms in total. The zero-order chi connectivity index (χ0) is 28.0. The Morgan fingerprint density at radius 3 is 2.50 bits per heavy atom. The van der Waals surface area contributed by atoms with Crippen LogP contribution in [0.4, 0.5) is 5.95 Å². The molecule has 2 unspecified atom stereocenters. The first kappa shape index (κ1) is 29.1. The van der Waals surface area contributed by atoms with E-state index in [4.69, 9.17) is 20.3 Å². The third kappa shape index (κ3) is 6.14. The van der Waals surface area contributed by atoms with Crippen molar-refractivity contribution in [3.8, 4) is 0 Å². The Balaban J connectivity index is 1.38. The summed E-state index contributed by atoms with van der Waals surface area (Å²) in [6, 6.07) is 0. The van der Waals surface area contributed by atoms with Gasteiger partial charge in [-0.05, 0) is 0 Å². The lowest BCUT2D eigenvalue weighted by Crippen LogP contribution is -2.50. The van der Waals surface area contributed by atoms with Gasteiger partial charge in [-0.1, -0.05) is 0 Å². The molecule has 0 radical (unpaired) electrons. The molecule has 0 bridgehead atoms. The summed E-state index contributed by atoms with van der Waals surface area (Å²) in [6.07, 6.45) is -11.8. The molecule has 0 spiro atoms. The van der Waals surface area contributed by atoms with Gasteiger partial charge in [-0.2, -0.15) is 9.29 Å². The average molecular weight is 589 g/mol. The zero-order valence-electron chi connectivity index (χ0n) is 19.0. The van der Waals surface area contributed by atoms with Crippen molar-refractivity contribution in [2.45, 2.75) is 55.6 Å². The lowest BCUT2D eigenvalue weighted by Gasteiger charge is -2.36. The maximum absolute atomic E-state index is 12.3. The van der Waals surface area contributed by atoms with Crippen LogP contribution in [0.3, 0.4) is 0 Å². The van der Waals surface area contributed by atoms with E-state index < -0.39 is 90.0 Å². The number of nitrogens with zero attached hydrogens (tertiary/aromatic N) is 3. The Kier molecular flexibility index (Phi) is 8.39. The molecule has 214 valence electrons. The molecule has 2 aliphatic rings. The minimum Gasteiger partial charge on any atom is -0.394 e. The summed E-state index contributed by atoms with van der Waals surface area (Å²) in [5.74, 6) is -0.262.